The maximum Gasteiger partial charge on any atom is 0.417 e. The average Bonchev–Trinajstić information content (AvgIpc) is 2.99. The highest BCUT2D eigenvalue weighted by Crippen LogP contribution is 2.29. The van der Waals surface area contributed by atoms with Crippen molar-refractivity contribution < 1.29 is 21.6 Å². The van der Waals surface area contributed by atoms with Crippen LogP contribution in [-0.2, 0) is 16.2 Å². The maximum absolute atomic E-state index is 12.6. The molecule has 0 unspecified atom stereocenters. The number of rotatable bonds is 3. The van der Waals surface area contributed by atoms with Gasteiger partial charge < -0.3 is 4.90 Å². The lowest BCUT2D eigenvalue weighted by molar-refractivity contribution is -0.137. The summed E-state index contributed by atoms with van der Waals surface area (Å²) in [5.74, 6) is 0.420. The number of anilines is 1. The fourth-order valence-corrected chi connectivity index (χ4v) is 5.26. The standard InChI is InChI=1S/C15H16F3N3O2S2/c16-15(17,18)12-4-5-13(19-11-12)20-6-2-7-21(9-8-20)25(22,23)14-3-1-10-24-14/h1,3-5,10-11H,2,6-9H2. The average molecular weight is 391 g/mol. The van der Waals surface area contributed by atoms with Crippen LogP contribution in [0.25, 0.3) is 0 Å². The Kier molecular flexibility index (Phi) is 5.03. The molecular formula is C15H16F3N3O2S2. The van der Waals surface area contributed by atoms with Crippen LogP contribution in [0.15, 0.2) is 40.1 Å². The summed E-state index contributed by atoms with van der Waals surface area (Å²) >= 11 is 1.17. The van der Waals surface area contributed by atoms with Gasteiger partial charge in [-0.2, -0.15) is 17.5 Å². The molecule has 25 heavy (non-hydrogen) atoms. The molecule has 2 aromatic heterocycles. The van der Waals surface area contributed by atoms with Crippen LogP contribution in [0, 0.1) is 0 Å². The van der Waals surface area contributed by atoms with Gasteiger partial charge >= 0.3 is 6.18 Å². The summed E-state index contributed by atoms with van der Waals surface area (Å²) in [6.45, 7) is 1.55. The zero-order valence-electron chi connectivity index (χ0n) is 13.1. The highest BCUT2D eigenvalue weighted by molar-refractivity contribution is 7.91. The molecular weight excluding hydrogens is 375 g/mol. The van der Waals surface area contributed by atoms with E-state index in [4.69, 9.17) is 0 Å². The lowest BCUT2D eigenvalue weighted by atomic mass is 10.2. The Labute approximate surface area is 147 Å². The molecule has 1 aliphatic heterocycles. The van der Waals surface area contributed by atoms with E-state index in [0.717, 1.165) is 12.3 Å². The summed E-state index contributed by atoms with van der Waals surface area (Å²) in [6.07, 6.45) is -3.04. The smallest absolute Gasteiger partial charge is 0.355 e. The van der Waals surface area contributed by atoms with Gasteiger partial charge in [0, 0.05) is 32.4 Å². The molecule has 3 heterocycles. The SMILES string of the molecule is O=S(=O)(c1cccs1)N1CCCN(c2ccc(C(F)(F)F)cn2)CC1. The van der Waals surface area contributed by atoms with Crippen LogP contribution >= 0.6 is 11.3 Å². The van der Waals surface area contributed by atoms with Gasteiger partial charge in [-0.05, 0) is 30.0 Å². The molecule has 1 fully saturated rings. The van der Waals surface area contributed by atoms with Gasteiger partial charge in [0.2, 0.25) is 0 Å². The molecule has 0 aliphatic carbocycles. The first-order chi connectivity index (χ1) is 11.8. The number of sulfonamides is 1. The number of alkyl halides is 3. The zero-order chi connectivity index (χ0) is 18.1. The predicted octanol–water partition coefficient (Wildman–Crippen LogP) is 3.06. The molecule has 1 saturated heterocycles. The molecule has 0 aromatic carbocycles. The second kappa shape index (κ2) is 6.93. The van der Waals surface area contributed by atoms with E-state index in [1.807, 2.05) is 4.90 Å². The third-order valence-electron chi connectivity index (χ3n) is 3.94. The van der Waals surface area contributed by atoms with E-state index < -0.39 is 21.8 Å². The number of hydrogen-bond acceptors (Lipinski definition) is 5. The second-order valence-electron chi connectivity index (χ2n) is 5.58. The summed E-state index contributed by atoms with van der Waals surface area (Å²) < 4.78 is 64.7. The van der Waals surface area contributed by atoms with Gasteiger partial charge in [0.15, 0.2) is 0 Å². The molecule has 5 nitrogen and oxygen atoms in total. The summed E-state index contributed by atoms with van der Waals surface area (Å²) in [7, 11) is -3.52. The first-order valence-corrected chi connectivity index (χ1v) is 9.92. The molecule has 0 spiro atoms. The van der Waals surface area contributed by atoms with Crippen molar-refractivity contribution in [3.05, 3.63) is 41.4 Å². The van der Waals surface area contributed by atoms with Gasteiger partial charge in [-0.15, -0.1) is 11.3 Å². The van der Waals surface area contributed by atoms with E-state index in [9.17, 15) is 21.6 Å². The van der Waals surface area contributed by atoms with Crippen molar-refractivity contribution in [3.8, 4) is 0 Å². The number of thiophene rings is 1. The van der Waals surface area contributed by atoms with E-state index in [2.05, 4.69) is 4.98 Å². The molecule has 3 rings (SSSR count). The summed E-state index contributed by atoms with van der Waals surface area (Å²) in [5, 5.41) is 1.71. The van der Waals surface area contributed by atoms with Crippen molar-refractivity contribution >= 4 is 27.2 Å². The van der Waals surface area contributed by atoms with Crippen LogP contribution in [0.2, 0.25) is 0 Å². The Morgan fingerprint density at radius 3 is 2.48 bits per heavy atom. The molecule has 2 aromatic rings. The van der Waals surface area contributed by atoms with Crippen molar-refractivity contribution in [2.45, 2.75) is 16.8 Å². The summed E-state index contributed by atoms with van der Waals surface area (Å²) in [6, 6.07) is 5.58. The van der Waals surface area contributed by atoms with Crippen LogP contribution < -0.4 is 4.90 Å². The molecule has 136 valence electrons. The van der Waals surface area contributed by atoms with E-state index in [0.29, 0.717) is 36.1 Å². The minimum Gasteiger partial charge on any atom is -0.355 e. The first kappa shape index (κ1) is 18.2. The Morgan fingerprint density at radius 2 is 1.88 bits per heavy atom. The minimum atomic E-state index is -4.42. The maximum atomic E-state index is 12.6. The number of hydrogen-bond donors (Lipinski definition) is 0. The Morgan fingerprint density at radius 1 is 1.08 bits per heavy atom. The van der Waals surface area contributed by atoms with Gasteiger partial charge in [0.1, 0.15) is 10.0 Å². The van der Waals surface area contributed by atoms with Crippen LogP contribution in [0.5, 0.6) is 0 Å². The van der Waals surface area contributed by atoms with Crippen LogP contribution in [0.4, 0.5) is 19.0 Å². The van der Waals surface area contributed by atoms with Crippen molar-refractivity contribution in [1.82, 2.24) is 9.29 Å². The quantitative estimate of drug-likeness (QED) is 0.807. The fraction of sp³-hybridized carbons (Fsp3) is 0.400. The van der Waals surface area contributed by atoms with E-state index in [1.165, 1.54) is 21.7 Å². The van der Waals surface area contributed by atoms with Gasteiger partial charge in [0.05, 0.1) is 5.56 Å². The number of nitrogens with zero attached hydrogens (tertiary/aromatic N) is 3. The van der Waals surface area contributed by atoms with Crippen LogP contribution in [0.3, 0.4) is 0 Å². The zero-order valence-corrected chi connectivity index (χ0v) is 14.7. The summed E-state index contributed by atoms with van der Waals surface area (Å²) in [4.78, 5) is 5.70. The minimum absolute atomic E-state index is 0.267. The predicted molar refractivity (Wildman–Crippen MR) is 89.1 cm³/mol. The molecule has 0 atom stereocenters. The second-order valence-corrected chi connectivity index (χ2v) is 8.69. The Balaban J connectivity index is 1.72. The van der Waals surface area contributed by atoms with E-state index in [1.54, 1.807) is 17.5 Å². The topological polar surface area (TPSA) is 53.5 Å². The van der Waals surface area contributed by atoms with Crippen molar-refractivity contribution in [3.63, 3.8) is 0 Å². The summed E-state index contributed by atoms with van der Waals surface area (Å²) in [5.41, 5.74) is -0.798. The van der Waals surface area contributed by atoms with Crippen molar-refractivity contribution in [2.75, 3.05) is 31.1 Å². The third-order valence-corrected chi connectivity index (χ3v) is 7.21. The lowest BCUT2D eigenvalue weighted by Crippen LogP contribution is -2.35. The van der Waals surface area contributed by atoms with Crippen molar-refractivity contribution in [1.29, 1.82) is 0 Å². The Hall–Kier alpha value is -1.65. The number of halogens is 3. The largest absolute Gasteiger partial charge is 0.417 e. The fourth-order valence-electron chi connectivity index (χ4n) is 2.64. The van der Waals surface area contributed by atoms with E-state index in [-0.39, 0.29) is 6.54 Å². The van der Waals surface area contributed by atoms with Gasteiger partial charge in [-0.1, -0.05) is 6.07 Å². The molecule has 1 aliphatic rings. The number of pyridine rings is 1. The van der Waals surface area contributed by atoms with Gasteiger partial charge in [0.25, 0.3) is 10.0 Å². The highest BCUT2D eigenvalue weighted by atomic mass is 32.2. The third kappa shape index (κ3) is 3.96. The van der Waals surface area contributed by atoms with Crippen molar-refractivity contribution in [2.24, 2.45) is 0 Å². The first-order valence-electron chi connectivity index (χ1n) is 7.60. The molecule has 10 heteroatoms. The monoisotopic (exact) mass is 391 g/mol. The molecule has 0 N–H and O–H groups in total. The van der Waals surface area contributed by atoms with Gasteiger partial charge in [-0.25, -0.2) is 13.4 Å². The molecule has 0 amide bonds. The number of aromatic nitrogens is 1. The van der Waals surface area contributed by atoms with E-state index >= 15 is 0 Å². The normalized spacial score (nSPS) is 17.5. The molecule has 0 bridgehead atoms. The lowest BCUT2D eigenvalue weighted by Gasteiger charge is -2.22. The highest BCUT2D eigenvalue weighted by Gasteiger charge is 2.31. The molecule has 0 saturated carbocycles. The molecule has 0 radical (unpaired) electrons. The Bertz CT molecular complexity index is 806. The van der Waals surface area contributed by atoms with Crippen LogP contribution in [-0.4, -0.2) is 43.9 Å². The van der Waals surface area contributed by atoms with Crippen LogP contribution in [0.1, 0.15) is 12.0 Å². The van der Waals surface area contributed by atoms with Gasteiger partial charge in [-0.3, -0.25) is 0 Å².